The Morgan fingerprint density at radius 3 is 2.05 bits per heavy atom. The lowest BCUT2D eigenvalue weighted by molar-refractivity contribution is 0.215. The fourth-order valence-corrected chi connectivity index (χ4v) is 3.48. The molecular weight excluding hydrogens is 452 g/mol. The van der Waals surface area contributed by atoms with Crippen molar-refractivity contribution in [2.45, 2.75) is 5.33 Å². The lowest BCUT2D eigenvalue weighted by Crippen LogP contribution is -2.09. The molecule has 0 atom stereocenters. The molecule has 0 heterocycles. The molecule has 0 fully saturated rings. The van der Waals surface area contributed by atoms with Gasteiger partial charge in [0.25, 0.3) is 0 Å². The Morgan fingerprint density at radius 2 is 1.45 bits per heavy atom. The molecular formula is C15H13Br3O2. The molecule has 0 spiro atoms. The van der Waals surface area contributed by atoms with Gasteiger partial charge in [-0.3, -0.25) is 0 Å². The van der Waals surface area contributed by atoms with E-state index in [0.29, 0.717) is 13.2 Å². The Labute approximate surface area is 143 Å². The summed E-state index contributed by atoms with van der Waals surface area (Å²) < 4.78 is 13.2. The van der Waals surface area contributed by atoms with Gasteiger partial charge in [0.15, 0.2) is 0 Å². The van der Waals surface area contributed by atoms with Gasteiger partial charge in [-0.05, 0) is 61.7 Å². The van der Waals surface area contributed by atoms with E-state index in [4.69, 9.17) is 9.47 Å². The van der Waals surface area contributed by atoms with E-state index in [1.165, 1.54) is 5.56 Å². The standard InChI is InChI=1S/C15H13Br3O2/c16-10-11-8-13(17)15(14(18)9-11)20-7-6-19-12-4-2-1-3-5-12/h1-5,8-9H,6-7,10H2. The van der Waals surface area contributed by atoms with Crippen LogP contribution in [-0.2, 0) is 5.33 Å². The van der Waals surface area contributed by atoms with Crippen molar-refractivity contribution < 1.29 is 9.47 Å². The summed E-state index contributed by atoms with van der Waals surface area (Å²) in [6, 6.07) is 13.8. The second-order valence-electron chi connectivity index (χ2n) is 4.03. The third-order valence-corrected chi connectivity index (χ3v) is 4.38. The van der Waals surface area contributed by atoms with Crippen molar-refractivity contribution >= 4 is 47.8 Å². The van der Waals surface area contributed by atoms with Gasteiger partial charge in [0.05, 0.1) is 8.95 Å². The van der Waals surface area contributed by atoms with Crippen LogP contribution in [0.15, 0.2) is 51.4 Å². The Morgan fingerprint density at radius 1 is 0.850 bits per heavy atom. The van der Waals surface area contributed by atoms with Gasteiger partial charge in [-0.25, -0.2) is 0 Å². The highest BCUT2D eigenvalue weighted by Crippen LogP contribution is 2.35. The van der Waals surface area contributed by atoms with Crippen LogP contribution < -0.4 is 9.47 Å². The molecule has 5 heteroatoms. The quantitative estimate of drug-likeness (QED) is 0.411. The van der Waals surface area contributed by atoms with Crippen LogP contribution in [0.2, 0.25) is 0 Å². The number of benzene rings is 2. The Hall–Kier alpha value is -0.520. The zero-order valence-electron chi connectivity index (χ0n) is 10.6. The van der Waals surface area contributed by atoms with E-state index in [0.717, 1.165) is 25.8 Å². The van der Waals surface area contributed by atoms with Gasteiger partial charge in [0.1, 0.15) is 24.7 Å². The van der Waals surface area contributed by atoms with Gasteiger partial charge in [0, 0.05) is 5.33 Å². The highest BCUT2D eigenvalue weighted by Gasteiger charge is 2.08. The van der Waals surface area contributed by atoms with Crippen molar-refractivity contribution in [2.24, 2.45) is 0 Å². The predicted molar refractivity (Wildman–Crippen MR) is 91.9 cm³/mol. The molecule has 0 unspecified atom stereocenters. The third-order valence-electron chi connectivity index (χ3n) is 2.55. The summed E-state index contributed by atoms with van der Waals surface area (Å²) in [5, 5.41) is 0.807. The van der Waals surface area contributed by atoms with Gasteiger partial charge < -0.3 is 9.47 Å². The first-order valence-corrected chi connectivity index (χ1v) is 8.76. The maximum atomic E-state index is 5.75. The minimum Gasteiger partial charge on any atom is -0.490 e. The number of rotatable bonds is 6. The fourth-order valence-electron chi connectivity index (χ4n) is 1.65. The molecule has 0 N–H and O–H groups in total. The second kappa shape index (κ2) is 8.05. The molecule has 2 aromatic rings. The number of ether oxygens (including phenoxy) is 2. The van der Waals surface area contributed by atoms with Crippen molar-refractivity contribution in [3.63, 3.8) is 0 Å². The van der Waals surface area contributed by atoms with E-state index in [-0.39, 0.29) is 0 Å². The van der Waals surface area contributed by atoms with Crippen LogP contribution >= 0.6 is 47.8 Å². The van der Waals surface area contributed by atoms with Crippen LogP contribution in [0.3, 0.4) is 0 Å². The van der Waals surface area contributed by atoms with E-state index in [1.54, 1.807) is 0 Å². The highest BCUT2D eigenvalue weighted by molar-refractivity contribution is 9.11. The first-order chi connectivity index (χ1) is 9.70. The molecule has 20 heavy (non-hydrogen) atoms. The van der Waals surface area contributed by atoms with Crippen molar-refractivity contribution in [1.82, 2.24) is 0 Å². The molecule has 0 aliphatic heterocycles. The SMILES string of the molecule is BrCc1cc(Br)c(OCCOc2ccccc2)c(Br)c1. The molecule has 0 amide bonds. The summed E-state index contributed by atoms with van der Waals surface area (Å²) >= 11 is 10.5. The van der Waals surface area contributed by atoms with Crippen LogP contribution in [0, 0.1) is 0 Å². The van der Waals surface area contributed by atoms with E-state index < -0.39 is 0 Å². The maximum absolute atomic E-state index is 5.75. The van der Waals surface area contributed by atoms with E-state index in [9.17, 15) is 0 Å². The average molecular weight is 465 g/mol. The van der Waals surface area contributed by atoms with Crippen LogP contribution in [0.25, 0.3) is 0 Å². The summed E-state index contributed by atoms with van der Waals surface area (Å²) in [7, 11) is 0. The number of hydrogen-bond acceptors (Lipinski definition) is 2. The fraction of sp³-hybridized carbons (Fsp3) is 0.200. The molecule has 0 bridgehead atoms. The second-order valence-corrected chi connectivity index (χ2v) is 6.30. The predicted octanol–water partition coefficient (Wildman–Crippen LogP) is 5.56. The Bertz CT molecular complexity index is 535. The zero-order valence-corrected chi connectivity index (χ0v) is 15.4. The lowest BCUT2D eigenvalue weighted by Gasteiger charge is -2.12. The third kappa shape index (κ3) is 4.50. The Balaban J connectivity index is 1.88. The first-order valence-electron chi connectivity index (χ1n) is 6.05. The van der Waals surface area contributed by atoms with Crippen LogP contribution in [0.5, 0.6) is 11.5 Å². The van der Waals surface area contributed by atoms with Gasteiger partial charge in [-0.15, -0.1) is 0 Å². The normalized spacial score (nSPS) is 10.3. The molecule has 0 saturated heterocycles. The number of halogens is 3. The summed E-state index contributed by atoms with van der Waals surface area (Å²) in [5.74, 6) is 1.65. The number of hydrogen-bond donors (Lipinski definition) is 0. The average Bonchev–Trinajstić information content (AvgIpc) is 2.46. The minimum atomic E-state index is 0.486. The van der Waals surface area contributed by atoms with E-state index in [1.807, 2.05) is 42.5 Å². The van der Waals surface area contributed by atoms with Crippen LogP contribution in [0.4, 0.5) is 0 Å². The van der Waals surface area contributed by atoms with E-state index in [2.05, 4.69) is 47.8 Å². The summed E-state index contributed by atoms with van der Waals surface area (Å²) in [6.07, 6.45) is 0. The molecule has 0 aliphatic rings. The first kappa shape index (κ1) is 15.9. The van der Waals surface area contributed by atoms with Crippen molar-refractivity contribution in [1.29, 1.82) is 0 Å². The molecule has 106 valence electrons. The van der Waals surface area contributed by atoms with E-state index >= 15 is 0 Å². The zero-order chi connectivity index (χ0) is 14.4. The lowest BCUT2D eigenvalue weighted by atomic mass is 10.2. The summed E-state index contributed by atoms with van der Waals surface area (Å²) in [5.41, 5.74) is 1.18. The van der Waals surface area contributed by atoms with Crippen molar-refractivity contribution in [3.05, 3.63) is 57.0 Å². The molecule has 0 aliphatic carbocycles. The molecule has 0 aromatic heterocycles. The van der Waals surface area contributed by atoms with Gasteiger partial charge in [0.2, 0.25) is 0 Å². The number of para-hydroxylation sites is 1. The smallest absolute Gasteiger partial charge is 0.147 e. The van der Waals surface area contributed by atoms with Crippen LogP contribution in [-0.4, -0.2) is 13.2 Å². The van der Waals surface area contributed by atoms with Crippen molar-refractivity contribution in [2.75, 3.05) is 13.2 Å². The van der Waals surface area contributed by atoms with Gasteiger partial charge >= 0.3 is 0 Å². The van der Waals surface area contributed by atoms with Gasteiger partial charge in [-0.2, -0.15) is 0 Å². The monoisotopic (exact) mass is 462 g/mol. The van der Waals surface area contributed by atoms with Crippen LogP contribution in [0.1, 0.15) is 5.56 Å². The molecule has 2 rings (SSSR count). The minimum absolute atomic E-state index is 0.486. The highest BCUT2D eigenvalue weighted by atomic mass is 79.9. The van der Waals surface area contributed by atoms with Crippen molar-refractivity contribution in [3.8, 4) is 11.5 Å². The summed E-state index contributed by atoms with van der Waals surface area (Å²) in [4.78, 5) is 0. The molecule has 2 nitrogen and oxygen atoms in total. The van der Waals surface area contributed by atoms with Gasteiger partial charge in [-0.1, -0.05) is 34.1 Å². The topological polar surface area (TPSA) is 18.5 Å². The molecule has 0 radical (unpaired) electrons. The summed E-state index contributed by atoms with van der Waals surface area (Å²) in [6.45, 7) is 0.989. The Kier molecular flexibility index (Phi) is 6.39. The molecule has 2 aromatic carbocycles. The number of alkyl halides is 1. The molecule has 0 saturated carbocycles. The largest absolute Gasteiger partial charge is 0.490 e. The maximum Gasteiger partial charge on any atom is 0.147 e.